The van der Waals surface area contributed by atoms with Gasteiger partial charge < -0.3 is 47.1 Å². The molecule has 2 aliphatic carbocycles. The maximum Gasteiger partial charge on any atom is 0.246 e. The number of nitrogens with one attached hydrogen (secondary N) is 4. The second kappa shape index (κ2) is 21.8. The first-order valence-electron chi connectivity index (χ1n) is 19.9. The molecule has 1 heterocycles. The lowest BCUT2D eigenvalue weighted by Crippen LogP contribution is -2.62. The van der Waals surface area contributed by atoms with E-state index in [1.54, 1.807) is 20.9 Å². The second-order valence-corrected chi connectivity index (χ2v) is 15.8. The van der Waals surface area contributed by atoms with Gasteiger partial charge in [-0.3, -0.25) is 24.0 Å². The van der Waals surface area contributed by atoms with Crippen LogP contribution in [0.2, 0.25) is 0 Å². The summed E-state index contributed by atoms with van der Waals surface area (Å²) in [6, 6.07) is -4.06. The highest BCUT2D eigenvalue weighted by molar-refractivity contribution is 5.96. The average Bonchev–Trinajstić information content (AvgIpc) is 3.10. The van der Waals surface area contributed by atoms with Crippen molar-refractivity contribution in [1.29, 1.82) is 0 Å². The smallest absolute Gasteiger partial charge is 0.246 e. The molecule has 298 valence electrons. The van der Waals surface area contributed by atoms with Gasteiger partial charge in [0, 0.05) is 13.6 Å². The fourth-order valence-corrected chi connectivity index (χ4v) is 7.62. The molecule has 5 amide bonds. The SMILES string of the molecule is CCCCCC[C@H]1O[C@@H](C)NC(=O)[C@H](CO[C@H]2C[C@H](CN)C2)NC(=O)[C@H](CN)NC(=O)[C@H](C2CCCCC2)NC(=O)[C@H](CC(C)C)N(C)C(=O)[C@@H]1C. The quantitative estimate of drug-likeness (QED) is 0.153. The van der Waals surface area contributed by atoms with Crippen LogP contribution in [0.4, 0.5) is 0 Å². The molecular weight excluding hydrogens is 666 g/mol. The summed E-state index contributed by atoms with van der Waals surface area (Å²) in [5.74, 6) is -2.70. The van der Waals surface area contributed by atoms with Crippen molar-refractivity contribution in [2.75, 3.05) is 26.7 Å². The standard InChI is InChI=1S/C38H69N7O7/c1-7-8-9-13-16-32-24(4)38(50)45(6)31(17-23(2)3)36(48)44-33(27-14-11-10-12-15-27)37(49)42-29(21-40)34(46)43-30(35(47)41-25(5)52-32)22-51-28-18-26(19-28)20-39/h23-33H,7-22,39-40H2,1-6H3,(H,41,47)(H,42,49)(H,43,46)(H,44,48)/t24-,25+,26-,28-,29+,30+,31+,32-,33+/m1/s1. The van der Waals surface area contributed by atoms with Crippen LogP contribution in [0.1, 0.15) is 118 Å². The minimum absolute atomic E-state index is 0.0751. The number of amides is 5. The zero-order valence-electron chi connectivity index (χ0n) is 32.6. The van der Waals surface area contributed by atoms with E-state index in [4.69, 9.17) is 20.9 Å². The fraction of sp³-hybridized carbons (Fsp3) is 0.868. The minimum atomic E-state index is -1.17. The number of carbonyl (C=O) groups excluding carboxylic acids is 5. The Morgan fingerprint density at radius 3 is 2.10 bits per heavy atom. The summed E-state index contributed by atoms with van der Waals surface area (Å²) in [6.45, 7) is 9.82. The molecule has 0 unspecified atom stereocenters. The lowest BCUT2D eigenvalue weighted by Gasteiger charge is -2.37. The molecular formula is C38H69N7O7. The lowest BCUT2D eigenvalue weighted by atomic mass is 9.82. The minimum Gasteiger partial charge on any atom is -0.376 e. The molecule has 3 fully saturated rings. The molecule has 1 saturated heterocycles. The van der Waals surface area contributed by atoms with Crippen LogP contribution in [-0.2, 0) is 33.4 Å². The largest absolute Gasteiger partial charge is 0.376 e. The second-order valence-electron chi connectivity index (χ2n) is 15.8. The van der Waals surface area contributed by atoms with Crippen molar-refractivity contribution in [1.82, 2.24) is 26.2 Å². The Balaban J connectivity index is 1.99. The number of nitrogens with zero attached hydrogens (tertiary/aromatic N) is 1. The molecule has 0 aromatic heterocycles. The first-order valence-corrected chi connectivity index (χ1v) is 19.9. The Morgan fingerprint density at radius 2 is 1.48 bits per heavy atom. The van der Waals surface area contributed by atoms with Crippen molar-refractivity contribution >= 4 is 29.5 Å². The number of hydrogen-bond donors (Lipinski definition) is 6. The summed E-state index contributed by atoms with van der Waals surface area (Å²) < 4.78 is 12.4. The first-order chi connectivity index (χ1) is 24.8. The number of hydrogen-bond acceptors (Lipinski definition) is 9. The summed E-state index contributed by atoms with van der Waals surface area (Å²) in [5.41, 5.74) is 11.8. The summed E-state index contributed by atoms with van der Waals surface area (Å²) >= 11 is 0. The lowest BCUT2D eigenvalue weighted by molar-refractivity contribution is -0.150. The van der Waals surface area contributed by atoms with Crippen LogP contribution in [-0.4, -0.2) is 104 Å². The Kier molecular flexibility index (Phi) is 18.3. The summed E-state index contributed by atoms with van der Waals surface area (Å²) in [5, 5.41) is 11.4. The predicted molar refractivity (Wildman–Crippen MR) is 199 cm³/mol. The van der Waals surface area contributed by atoms with Crippen molar-refractivity contribution in [3.05, 3.63) is 0 Å². The van der Waals surface area contributed by atoms with Gasteiger partial charge in [-0.05, 0) is 69.7 Å². The number of carbonyl (C=O) groups is 5. The molecule has 7 atom stereocenters. The Morgan fingerprint density at radius 1 is 0.827 bits per heavy atom. The maximum absolute atomic E-state index is 14.2. The van der Waals surface area contributed by atoms with Crippen LogP contribution < -0.4 is 32.7 Å². The topological polar surface area (TPSA) is 207 Å². The van der Waals surface area contributed by atoms with Crippen LogP contribution in [0.5, 0.6) is 0 Å². The molecule has 1 aliphatic heterocycles. The van der Waals surface area contributed by atoms with E-state index in [0.29, 0.717) is 25.3 Å². The molecule has 52 heavy (non-hydrogen) atoms. The zero-order chi connectivity index (χ0) is 38.4. The van der Waals surface area contributed by atoms with Gasteiger partial charge in [0.2, 0.25) is 29.5 Å². The van der Waals surface area contributed by atoms with Crippen LogP contribution >= 0.6 is 0 Å². The molecule has 0 aromatic carbocycles. The van der Waals surface area contributed by atoms with E-state index in [1.165, 1.54) is 4.90 Å². The molecule has 3 rings (SSSR count). The summed E-state index contributed by atoms with van der Waals surface area (Å²) in [4.78, 5) is 71.4. The van der Waals surface area contributed by atoms with Gasteiger partial charge in [-0.15, -0.1) is 0 Å². The Labute approximate surface area is 311 Å². The molecule has 8 N–H and O–H groups in total. The number of nitrogens with two attached hydrogens (primary N) is 2. The zero-order valence-corrected chi connectivity index (χ0v) is 32.6. The number of ether oxygens (including phenoxy) is 2. The Bertz CT molecular complexity index is 1160. The third kappa shape index (κ3) is 12.9. The Hall–Kier alpha value is -2.81. The van der Waals surface area contributed by atoms with E-state index >= 15 is 0 Å². The van der Waals surface area contributed by atoms with E-state index < -0.39 is 66.0 Å². The third-order valence-electron chi connectivity index (χ3n) is 11.1. The number of rotatable bonds is 13. The van der Waals surface area contributed by atoms with Crippen molar-refractivity contribution < 1.29 is 33.4 Å². The molecule has 2 saturated carbocycles. The van der Waals surface area contributed by atoms with E-state index in [-0.39, 0.29) is 37.0 Å². The molecule has 0 aromatic rings. The highest BCUT2D eigenvalue weighted by atomic mass is 16.5. The average molecular weight is 736 g/mol. The molecule has 3 aliphatic rings. The molecule has 0 bridgehead atoms. The molecule has 0 spiro atoms. The summed E-state index contributed by atoms with van der Waals surface area (Å²) in [6.07, 6.45) is 9.29. The van der Waals surface area contributed by atoms with Crippen LogP contribution in [0.25, 0.3) is 0 Å². The highest BCUT2D eigenvalue weighted by Crippen LogP contribution is 2.30. The van der Waals surface area contributed by atoms with E-state index in [1.807, 2.05) is 13.8 Å². The monoisotopic (exact) mass is 736 g/mol. The van der Waals surface area contributed by atoms with Gasteiger partial charge in [-0.25, -0.2) is 0 Å². The fourth-order valence-electron chi connectivity index (χ4n) is 7.62. The molecule has 0 radical (unpaired) electrons. The van der Waals surface area contributed by atoms with Gasteiger partial charge >= 0.3 is 0 Å². The normalized spacial score (nSPS) is 32.3. The summed E-state index contributed by atoms with van der Waals surface area (Å²) in [7, 11) is 1.63. The first kappa shape index (κ1) is 43.6. The van der Waals surface area contributed by atoms with Gasteiger partial charge in [0.25, 0.3) is 0 Å². The van der Waals surface area contributed by atoms with Crippen molar-refractivity contribution in [2.45, 2.75) is 161 Å². The van der Waals surface area contributed by atoms with Crippen molar-refractivity contribution in [3.8, 4) is 0 Å². The molecule has 14 nitrogen and oxygen atoms in total. The van der Waals surface area contributed by atoms with Crippen molar-refractivity contribution in [2.24, 2.45) is 35.1 Å². The predicted octanol–water partition coefficient (Wildman–Crippen LogP) is 2.07. The van der Waals surface area contributed by atoms with Crippen LogP contribution in [0.15, 0.2) is 0 Å². The van der Waals surface area contributed by atoms with Crippen LogP contribution in [0.3, 0.4) is 0 Å². The maximum atomic E-state index is 14.2. The van der Waals surface area contributed by atoms with Crippen molar-refractivity contribution in [3.63, 3.8) is 0 Å². The van der Waals surface area contributed by atoms with Crippen LogP contribution in [0, 0.1) is 23.7 Å². The molecule has 14 heteroatoms. The van der Waals surface area contributed by atoms with E-state index in [0.717, 1.165) is 70.6 Å². The van der Waals surface area contributed by atoms with Gasteiger partial charge in [0.05, 0.1) is 24.7 Å². The van der Waals surface area contributed by atoms with Gasteiger partial charge in [-0.2, -0.15) is 0 Å². The van der Waals surface area contributed by atoms with E-state index in [2.05, 4.69) is 28.2 Å². The third-order valence-corrected chi connectivity index (χ3v) is 11.1. The van der Waals surface area contributed by atoms with Gasteiger partial charge in [0.15, 0.2) is 0 Å². The number of unbranched alkanes of at least 4 members (excludes halogenated alkanes) is 3. The number of likely N-dealkylation sites (N-methyl/N-ethyl adjacent to an activating group) is 1. The highest BCUT2D eigenvalue weighted by Gasteiger charge is 2.39. The van der Waals surface area contributed by atoms with Gasteiger partial charge in [0.1, 0.15) is 30.4 Å². The van der Waals surface area contributed by atoms with Gasteiger partial charge in [-0.1, -0.05) is 72.6 Å². The van der Waals surface area contributed by atoms with E-state index in [9.17, 15) is 24.0 Å².